The molecule has 2 aromatic rings. The number of fused-ring (bicyclic) bond motifs is 2. The lowest BCUT2D eigenvalue weighted by Gasteiger charge is -2.32. The van der Waals surface area contributed by atoms with Gasteiger partial charge in [0, 0.05) is 18.0 Å². The highest BCUT2D eigenvalue weighted by Crippen LogP contribution is 2.39. The van der Waals surface area contributed by atoms with E-state index in [1.54, 1.807) is 0 Å². The first-order chi connectivity index (χ1) is 14.2. The van der Waals surface area contributed by atoms with Gasteiger partial charge in [-0.15, -0.1) is 0 Å². The number of carbonyl (C=O) groups is 1. The highest BCUT2D eigenvalue weighted by atomic mass is 35.5. The summed E-state index contributed by atoms with van der Waals surface area (Å²) in [5, 5.41) is 0.673. The zero-order valence-electron chi connectivity index (χ0n) is 16.2. The Kier molecular flexibility index (Phi) is 5.00. The van der Waals surface area contributed by atoms with Crippen molar-refractivity contribution >= 4 is 17.5 Å². The van der Waals surface area contributed by atoms with E-state index in [-0.39, 0.29) is 17.9 Å². The molecule has 1 amide bonds. The topological polar surface area (TPSA) is 48.0 Å². The first-order valence-corrected chi connectivity index (χ1v) is 10.7. The van der Waals surface area contributed by atoms with Gasteiger partial charge in [0.05, 0.1) is 25.2 Å². The molecular formula is C23H24ClNO4. The monoisotopic (exact) mass is 413 g/mol. The molecule has 0 aromatic heterocycles. The highest BCUT2D eigenvalue weighted by molar-refractivity contribution is 6.30. The first-order valence-electron chi connectivity index (χ1n) is 10.3. The van der Waals surface area contributed by atoms with Crippen LogP contribution in [0.15, 0.2) is 36.4 Å². The third kappa shape index (κ3) is 3.64. The Morgan fingerprint density at radius 3 is 2.69 bits per heavy atom. The quantitative estimate of drug-likeness (QED) is 0.731. The van der Waals surface area contributed by atoms with Crippen LogP contribution in [0.5, 0.6) is 17.2 Å². The minimum Gasteiger partial charge on any atom is -0.492 e. The van der Waals surface area contributed by atoms with Crippen molar-refractivity contribution in [1.82, 2.24) is 4.90 Å². The Morgan fingerprint density at radius 2 is 1.79 bits per heavy atom. The molecule has 0 radical (unpaired) electrons. The van der Waals surface area contributed by atoms with Crippen molar-refractivity contribution in [2.45, 2.75) is 31.7 Å². The number of carbonyl (C=O) groups excluding carboxylic acids is 1. The van der Waals surface area contributed by atoms with Crippen LogP contribution in [0, 0.1) is 5.92 Å². The molecule has 2 aromatic carbocycles. The summed E-state index contributed by atoms with van der Waals surface area (Å²) < 4.78 is 17.5. The van der Waals surface area contributed by atoms with Gasteiger partial charge in [-0.1, -0.05) is 17.7 Å². The summed E-state index contributed by atoms with van der Waals surface area (Å²) in [7, 11) is 0. The zero-order valence-corrected chi connectivity index (χ0v) is 17.0. The van der Waals surface area contributed by atoms with Crippen LogP contribution in [-0.2, 0) is 11.2 Å². The van der Waals surface area contributed by atoms with E-state index in [9.17, 15) is 4.79 Å². The average Bonchev–Trinajstić information content (AvgIpc) is 3.11. The fourth-order valence-corrected chi connectivity index (χ4v) is 4.72. The van der Waals surface area contributed by atoms with Crippen LogP contribution in [0.2, 0.25) is 5.02 Å². The van der Waals surface area contributed by atoms with E-state index < -0.39 is 0 Å². The van der Waals surface area contributed by atoms with Gasteiger partial charge in [0.15, 0.2) is 11.5 Å². The normalized spacial score (nSPS) is 23.1. The second kappa shape index (κ2) is 7.79. The van der Waals surface area contributed by atoms with Gasteiger partial charge in [0.1, 0.15) is 12.4 Å². The standard InChI is InChI=1S/C23H24ClNO4/c24-18-5-7-20-16(12-18)11-17(14-29-20)23(26)25-8-1-3-19(25)15-4-6-21-22(13-15)28-10-2-9-27-21/h4-7,12-13,17,19H,1-3,8-11,14H2/t17-,19-/m1/s1. The van der Waals surface area contributed by atoms with Crippen LogP contribution < -0.4 is 14.2 Å². The number of benzene rings is 2. The Morgan fingerprint density at radius 1 is 0.966 bits per heavy atom. The van der Waals surface area contributed by atoms with Gasteiger partial charge in [-0.25, -0.2) is 0 Å². The van der Waals surface area contributed by atoms with E-state index in [0.717, 1.165) is 54.2 Å². The minimum absolute atomic E-state index is 0.0698. The number of likely N-dealkylation sites (tertiary alicyclic amines) is 1. The van der Waals surface area contributed by atoms with Crippen molar-refractivity contribution in [3.8, 4) is 17.2 Å². The van der Waals surface area contributed by atoms with Crippen LogP contribution in [0.25, 0.3) is 0 Å². The van der Waals surface area contributed by atoms with E-state index in [0.29, 0.717) is 31.3 Å². The molecule has 0 bridgehead atoms. The molecule has 0 N–H and O–H groups in total. The van der Waals surface area contributed by atoms with Crippen LogP contribution >= 0.6 is 11.6 Å². The zero-order chi connectivity index (χ0) is 19.8. The second-order valence-corrected chi connectivity index (χ2v) is 8.35. The number of hydrogen-bond acceptors (Lipinski definition) is 4. The Labute approximate surface area is 175 Å². The van der Waals surface area contributed by atoms with Crippen molar-refractivity contribution in [3.05, 3.63) is 52.5 Å². The predicted molar refractivity (Wildman–Crippen MR) is 110 cm³/mol. The van der Waals surface area contributed by atoms with Crippen molar-refractivity contribution < 1.29 is 19.0 Å². The molecule has 1 fully saturated rings. The number of nitrogens with zero attached hydrogens (tertiary/aromatic N) is 1. The number of amides is 1. The molecule has 0 unspecified atom stereocenters. The smallest absolute Gasteiger partial charge is 0.229 e. The van der Waals surface area contributed by atoms with Crippen LogP contribution in [0.4, 0.5) is 0 Å². The van der Waals surface area contributed by atoms with E-state index in [4.69, 9.17) is 25.8 Å². The summed E-state index contributed by atoms with van der Waals surface area (Å²) in [4.78, 5) is 15.4. The summed E-state index contributed by atoms with van der Waals surface area (Å²) in [6, 6.07) is 11.8. The summed E-state index contributed by atoms with van der Waals surface area (Å²) in [5.74, 6) is 2.38. The molecule has 152 valence electrons. The summed E-state index contributed by atoms with van der Waals surface area (Å²) in [6.45, 7) is 2.52. The molecule has 1 saturated heterocycles. The summed E-state index contributed by atoms with van der Waals surface area (Å²) >= 11 is 6.13. The molecule has 2 atom stereocenters. The van der Waals surface area contributed by atoms with Gasteiger partial charge in [0.25, 0.3) is 0 Å². The van der Waals surface area contributed by atoms with E-state index in [1.165, 1.54) is 0 Å². The van der Waals surface area contributed by atoms with Crippen molar-refractivity contribution in [2.24, 2.45) is 5.92 Å². The molecular weight excluding hydrogens is 390 g/mol. The van der Waals surface area contributed by atoms with E-state index in [2.05, 4.69) is 6.07 Å². The lowest BCUT2D eigenvalue weighted by Crippen LogP contribution is -2.40. The van der Waals surface area contributed by atoms with Crippen molar-refractivity contribution in [1.29, 1.82) is 0 Å². The minimum atomic E-state index is -0.179. The maximum atomic E-state index is 13.4. The predicted octanol–water partition coefficient (Wildman–Crippen LogP) is 4.42. The van der Waals surface area contributed by atoms with Gasteiger partial charge in [0.2, 0.25) is 5.91 Å². The largest absolute Gasteiger partial charge is 0.492 e. The SMILES string of the molecule is O=C([C@H]1COc2ccc(Cl)cc2C1)N1CCC[C@@H]1c1ccc2c(c1)OCCCO2. The van der Waals surface area contributed by atoms with Gasteiger partial charge >= 0.3 is 0 Å². The molecule has 3 aliphatic heterocycles. The average molecular weight is 414 g/mol. The summed E-state index contributed by atoms with van der Waals surface area (Å²) in [6.07, 6.45) is 3.51. The fourth-order valence-electron chi connectivity index (χ4n) is 4.52. The van der Waals surface area contributed by atoms with Gasteiger partial charge in [-0.3, -0.25) is 4.79 Å². The van der Waals surface area contributed by atoms with Crippen LogP contribution in [0.3, 0.4) is 0 Å². The molecule has 5 rings (SSSR count). The first kappa shape index (κ1) is 18.6. The Balaban J connectivity index is 1.36. The number of halogens is 1. The third-order valence-electron chi connectivity index (χ3n) is 5.97. The molecule has 0 spiro atoms. The van der Waals surface area contributed by atoms with E-state index in [1.807, 2.05) is 35.2 Å². The van der Waals surface area contributed by atoms with Gasteiger partial charge in [-0.05, 0) is 60.7 Å². The lowest BCUT2D eigenvalue weighted by molar-refractivity contribution is -0.137. The van der Waals surface area contributed by atoms with Crippen molar-refractivity contribution in [3.63, 3.8) is 0 Å². The maximum absolute atomic E-state index is 13.4. The molecule has 0 saturated carbocycles. The van der Waals surface area contributed by atoms with Gasteiger partial charge in [-0.2, -0.15) is 0 Å². The molecule has 5 nitrogen and oxygen atoms in total. The molecule has 0 aliphatic carbocycles. The second-order valence-electron chi connectivity index (χ2n) is 7.91. The molecule has 3 heterocycles. The van der Waals surface area contributed by atoms with Crippen LogP contribution in [0.1, 0.15) is 36.4 Å². The van der Waals surface area contributed by atoms with Gasteiger partial charge < -0.3 is 19.1 Å². The Hall–Kier alpha value is -2.40. The number of hydrogen-bond donors (Lipinski definition) is 0. The highest BCUT2D eigenvalue weighted by Gasteiger charge is 2.36. The fraction of sp³-hybridized carbons (Fsp3) is 0.435. The number of ether oxygens (including phenoxy) is 3. The van der Waals surface area contributed by atoms with E-state index >= 15 is 0 Å². The third-order valence-corrected chi connectivity index (χ3v) is 6.21. The lowest BCUT2D eigenvalue weighted by atomic mass is 9.94. The molecule has 29 heavy (non-hydrogen) atoms. The molecule has 6 heteroatoms. The maximum Gasteiger partial charge on any atom is 0.229 e. The number of rotatable bonds is 2. The summed E-state index contributed by atoms with van der Waals surface area (Å²) in [5.41, 5.74) is 2.12. The Bertz CT molecular complexity index is 931. The molecule has 3 aliphatic rings. The van der Waals surface area contributed by atoms with Crippen molar-refractivity contribution in [2.75, 3.05) is 26.4 Å². The van der Waals surface area contributed by atoms with Crippen LogP contribution in [-0.4, -0.2) is 37.2 Å².